The SMILES string of the molecule is COc1cc(/C=N/N(CC(C)C)c2ncnc3c(C)csc23)ccc1B(O)O. The van der Waals surface area contributed by atoms with Gasteiger partial charge in [0.05, 0.1) is 23.5 Å². The second-order valence-electron chi connectivity index (χ2n) is 6.89. The summed E-state index contributed by atoms with van der Waals surface area (Å²) >= 11 is 1.61. The number of aryl methyl sites for hydroxylation is 1. The average molecular weight is 398 g/mol. The van der Waals surface area contributed by atoms with Crippen LogP contribution in [0.1, 0.15) is 25.0 Å². The molecule has 0 amide bonds. The minimum Gasteiger partial charge on any atom is -0.497 e. The lowest BCUT2D eigenvalue weighted by atomic mass is 9.79. The summed E-state index contributed by atoms with van der Waals surface area (Å²) in [6.45, 7) is 6.99. The van der Waals surface area contributed by atoms with Crippen LogP contribution in [0.15, 0.2) is 35.0 Å². The summed E-state index contributed by atoms with van der Waals surface area (Å²) in [6, 6.07) is 5.10. The molecule has 0 spiro atoms. The number of thiophene rings is 1. The zero-order valence-electron chi connectivity index (χ0n) is 16.3. The number of anilines is 1. The first kappa shape index (κ1) is 20.3. The van der Waals surface area contributed by atoms with Crippen molar-refractivity contribution in [2.45, 2.75) is 20.8 Å². The molecule has 0 saturated heterocycles. The Hall–Kier alpha value is -2.49. The van der Waals surface area contributed by atoms with Gasteiger partial charge in [-0.1, -0.05) is 26.0 Å². The molecule has 3 rings (SSSR count). The Kier molecular flexibility index (Phi) is 6.28. The summed E-state index contributed by atoms with van der Waals surface area (Å²) < 4.78 is 6.26. The molecule has 28 heavy (non-hydrogen) atoms. The number of rotatable bonds is 7. The molecule has 0 aliphatic rings. The van der Waals surface area contributed by atoms with E-state index in [4.69, 9.17) is 4.74 Å². The van der Waals surface area contributed by atoms with Crippen molar-refractivity contribution in [1.29, 1.82) is 0 Å². The lowest BCUT2D eigenvalue weighted by Crippen LogP contribution is -2.31. The Morgan fingerprint density at radius 1 is 1.32 bits per heavy atom. The Morgan fingerprint density at radius 2 is 2.11 bits per heavy atom. The van der Waals surface area contributed by atoms with Crippen molar-refractivity contribution in [3.05, 3.63) is 41.0 Å². The number of fused-ring (bicyclic) bond motifs is 1. The summed E-state index contributed by atoms with van der Waals surface area (Å²) in [6.07, 6.45) is 3.29. The molecule has 1 aromatic carbocycles. The molecule has 146 valence electrons. The normalized spacial score (nSPS) is 11.5. The third-order valence-electron chi connectivity index (χ3n) is 4.18. The zero-order valence-corrected chi connectivity index (χ0v) is 17.1. The number of aromatic nitrogens is 2. The lowest BCUT2D eigenvalue weighted by molar-refractivity contribution is 0.403. The van der Waals surface area contributed by atoms with Gasteiger partial charge in [0.15, 0.2) is 5.82 Å². The van der Waals surface area contributed by atoms with Crippen molar-refractivity contribution in [3.8, 4) is 5.75 Å². The standard InChI is InChI=1S/C19H23BN4O3S/c1-12(2)9-24(19-18-17(21-11-22-19)13(3)10-28-18)23-8-14-5-6-15(20(25)26)16(7-14)27-4/h5-8,10-12,25-26H,9H2,1-4H3/b23-8+. The maximum absolute atomic E-state index is 9.42. The highest BCUT2D eigenvalue weighted by atomic mass is 32.1. The van der Waals surface area contributed by atoms with E-state index >= 15 is 0 Å². The topological polar surface area (TPSA) is 91.1 Å². The number of benzene rings is 1. The summed E-state index contributed by atoms with van der Waals surface area (Å²) in [5, 5.41) is 27.4. The van der Waals surface area contributed by atoms with Gasteiger partial charge in [-0.25, -0.2) is 15.0 Å². The van der Waals surface area contributed by atoms with Gasteiger partial charge in [-0.2, -0.15) is 5.10 Å². The van der Waals surface area contributed by atoms with Crippen LogP contribution in [0.4, 0.5) is 5.82 Å². The number of hydrazone groups is 1. The van der Waals surface area contributed by atoms with Crippen LogP contribution in [-0.2, 0) is 0 Å². The molecule has 0 radical (unpaired) electrons. The average Bonchev–Trinajstić information content (AvgIpc) is 3.05. The Morgan fingerprint density at radius 3 is 2.79 bits per heavy atom. The molecule has 2 N–H and O–H groups in total. The molecule has 0 unspecified atom stereocenters. The van der Waals surface area contributed by atoms with Crippen LogP contribution in [0.5, 0.6) is 5.75 Å². The molecule has 7 nitrogen and oxygen atoms in total. The fourth-order valence-electron chi connectivity index (χ4n) is 2.83. The van der Waals surface area contributed by atoms with E-state index in [1.807, 2.05) is 11.9 Å². The predicted molar refractivity (Wildman–Crippen MR) is 115 cm³/mol. The van der Waals surface area contributed by atoms with E-state index in [1.165, 1.54) is 7.11 Å². The van der Waals surface area contributed by atoms with E-state index in [-0.39, 0.29) is 0 Å². The van der Waals surface area contributed by atoms with E-state index in [2.05, 4.69) is 34.3 Å². The largest absolute Gasteiger partial charge is 0.497 e. The van der Waals surface area contributed by atoms with E-state index in [0.29, 0.717) is 23.7 Å². The molecule has 0 saturated carbocycles. The third kappa shape index (κ3) is 4.32. The number of nitrogens with zero attached hydrogens (tertiary/aromatic N) is 4. The Balaban J connectivity index is 1.97. The summed E-state index contributed by atoms with van der Waals surface area (Å²) in [7, 11) is -0.0982. The van der Waals surface area contributed by atoms with Crippen LogP contribution in [0.2, 0.25) is 0 Å². The fraction of sp³-hybridized carbons (Fsp3) is 0.316. The van der Waals surface area contributed by atoms with Crippen molar-refractivity contribution < 1.29 is 14.8 Å². The van der Waals surface area contributed by atoms with Gasteiger partial charge in [0.25, 0.3) is 0 Å². The molecule has 3 aromatic rings. The molecule has 2 aromatic heterocycles. The van der Waals surface area contributed by atoms with Gasteiger partial charge in [-0.05, 0) is 35.4 Å². The van der Waals surface area contributed by atoms with Gasteiger partial charge >= 0.3 is 7.12 Å². The van der Waals surface area contributed by atoms with Crippen LogP contribution in [0, 0.1) is 12.8 Å². The summed E-state index contributed by atoms with van der Waals surface area (Å²) in [5.74, 6) is 1.56. The minimum atomic E-state index is -1.59. The van der Waals surface area contributed by atoms with Crippen molar-refractivity contribution in [2.24, 2.45) is 11.0 Å². The van der Waals surface area contributed by atoms with E-state index < -0.39 is 7.12 Å². The van der Waals surface area contributed by atoms with Crippen LogP contribution in [0.3, 0.4) is 0 Å². The summed E-state index contributed by atoms with van der Waals surface area (Å²) in [5.41, 5.74) is 3.16. The first-order valence-electron chi connectivity index (χ1n) is 8.95. The lowest BCUT2D eigenvalue weighted by Gasteiger charge is -2.20. The van der Waals surface area contributed by atoms with Crippen molar-refractivity contribution >= 4 is 46.2 Å². The molecule has 0 aliphatic heterocycles. The van der Waals surface area contributed by atoms with Gasteiger partial charge in [-0.15, -0.1) is 11.3 Å². The number of hydrogen-bond donors (Lipinski definition) is 2. The van der Waals surface area contributed by atoms with Gasteiger partial charge in [0.2, 0.25) is 0 Å². The van der Waals surface area contributed by atoms with Crippen LogP contribution in [-0.4, -0.2) is 47.0 Å². The summed E-state index contributed by atoms with van der Waals surface area (Å²) in [4.78, 5) is 8.86. The fourth-order valence-corrected chi connectivity index (χ4v) is 3.83. The quantitative estimate of drug-likeness (QED) is 0.360. The van der Waals surface area contributed by atoms with Gasteiger partial charge < -0.3 is 14.8 Å². The highest BCUT2D eigenvalue weighted by Crippen LogP contribution is 2.31. The highest BCUT2D eigenvalue weighted by Gasteiger charge is 2.18. The smallest absolute Gasteiger partial charge is 0.492 e. The zero-order chi connectivity index (χ0) is 20.3. The maximum atomic E-state index is 9.42. The molecule has 0 bridgehead atoms. The second-order valence-corrected chi connectivity index (χ2v) is 7.77. The van der Waals surface area contributed by atoms with Crippen LogP contribution in [0.25, 0.3) is 10.2 Å². The van der Waals surface area contributed by atoms with E-state index in [1.54, 1.807) is 42.1 Å². The number of ether oxygens (including phenoxy) is 1. The van der Waals surface area contributed by atoms with Gasteiger partial charge in [-0.3, -0.25) is 0 Å². The maximum Gasteiger partial charge on any atom is 0.492 e. The molecule has 0 aliphatic carbocycles. The molecule has 2 heterocycles. The first-order valence-corrected chi connectivity index (χ1v) is 9.83. The minimum absolute atomic E-state index is 0.310. The van der Waals surface area contributed by atoms with Crippen molar-refractivity contribution in [1.82, 2.24) is 9.97 Å². The monoisotopic (exact) mass is 398 g/mol. The third-order valence-corrected chi connectivity index (χ3v) is 5.26. The molecular weight excluding hydrogens is 375 g/mol. The number of methoxy groups -OCH3 is 1. The van der Waals surface area contributed by atoms with E-state index in [0.717, 1.165) is 27.2 Å². The van der Waals surface area contributed by atoms with Crippen LogP contribution < -0.4 is 15.2 Å². The van der Waals surface area contributed by atoms with Crippen LogP contribution >= 0.6 is 11.3 Å². The first-order chi connectivity index (χ1) is 13.4. The molecule has 9 heteroatoms. The van der Waals surface area contributed by atoms with Crippen molar-refractivity contribution in [3.63, 3.8) is 0 Å². The highest BCUT2D eigenvalue weighted by molar-refractivity contribution is 7.18. The Labute approximate surface area is 168 Å². The molecule has 0 atom stereocenters. The van der Waals surface area contributed by atoms with Gasteiger partial charge in [0.1, 0.15) is 12.1 Å². The molecule has 0 fully saturated rings. The number of hydrogen-bond acceptors (Lipinski definition) is 8. The van der Waals surface area contributed by atoms with E-state index in [9.17, 15) is 10.0 Å². The predicted octanol–water partition coefficient (Wildman–Crippen LogP) is 2.18. The second kappa shape index (κ2) is 8.68. The van der Waals surface area contributed by atoms with Crippen molar-refractivity contribution in [2.75, 3.05) is 18.7 Å². The molecular formula is C19H23BN4O3S. The Bertz CT molecular complexity index is 990. The van der Waals surface area contributed by atoms with Gasteiger partial charge in [0, 0.05) is 12.0 Å².